The SMILES string of the molecule is CC(C)OCCCCc1ccccc1.CC(C)OCCCCc1ccccc1.CC(C)OCCCc1ccccc1.CC(C)OCCc1ccccc1. The summed E-state index contributed by atoms with van der Waals surface area (Å²) in [4.78, 5) is 0. The van der Waals surface area contributed by atoms with Crippen LogP contribution in [-0.2, 0) is 44.6 Å². The van der Waals surface area contributed by atoms with Crippen molar-refractivity contribution in [3.63, 3.8) is 0 Å². The Morgan fingerprint density at radius 1 is 0.283 bits per heavy atom. The Kier molecular flexibility index (Phi) is 30.0. The summed E-state index contributed by atoms with van der Waals surface area (Å²) in [7, 11) is 0. The molecule has 0 aliphatic carbocycles. The Balaban J connectivity index is 0.000000354. The molecule has 4 aromatic carbocycles. The Labute approximate surface area is 325 Å². The van der Waals surface area contributed by atoms with Crippen molar-refractivity contribution >= 4 is 0 Å². The Hall–Kier alpha value is -3.28. The lowest BCUT2D eigenvalue weighted by molar-refractivity contribution is 0.0759. The Bertz CT molecular complexity index is 1240. The lowest BCUT2D eigenvalue weighted by Crippen LogP contribution is -2.05. The Morgan fingerprint density at radius 2 is 0.528 bits per heavy atom. The molecule has 0 atom stereocenters. The normalized spacial score (nSPS) is 10.7. The predicted molar refractivity (Wildman–Crippen MR) is 228 cm³/mol. The second kappa shape index (κ2) is 33.3. The molecule has 4 heteroatoms. The average molecular weight is 727 g/mol. The summed E-state index contributed by atoms with van der Waals surface area (Å²) in [5, 5.41) is 0. The quantitative estimate of drug-likeness (QED) is 0.0801. The fourth-order valence-electron chi connectivity index (χ4n) is 5.09. The molecule has 0 aromatic heterocycles. The van der Waals surface area contributed by atoms with Gasteiger partial charge >= 0.3 is 0 Å². The number of unbranched alkanes of at least 4 members (excludes halogenated alkanes) is 2. The number of benzene rings is 4. The molecule has 0 saturated carbocycles. The van der Waals surface area contributed by atoms with Gasteiger partial charge in [0.2, 0.25) is 0 Å². The zero-order valence-corrected chi connectivity index (χ0v) is 34.7. The van der Waals surface area contributed by atoms with Crippen LogP contribution in [0.3, 0.4) is 0 Å². The van der Waals surface area contributed by atoms with E-state index >= 15 is 0 Å². The van der Waals surface area contributed by atoms with Gasteiger partial charge in [0, 0.05) is 19.8 Å². The van der Waals surface area contributed by atoms with Crippen molar-refractivity contribution in [2.45, 2.75) is 138 Å². The molecule has 0 N–H and O–H groups in total. The van der Waals surface area contributed by atoms with Crippen LogP contribution in [0.25, 0.3) is 0 Å². The number of hydrogen-bond acceptors (Lipinski definition) is 4. The summed E-state index contributed by atoms with van der Waals surface area (Å²) in [6.07, 6.45) is 11.8. The molecule has 0 amide bonds. The van der Waals surface area contributed by atoms with Gasteiger partial charge in [0.05, 0.1) is 31.0 Å². The molecule has 0 unspecified atom stereocenters. The molecule has 4 rings (SSSR count). The number of ether oxygens (including phenoxy) is 4. The van der Waals surface area contributed by atoms with Gasteiger partial charge in [-0.25, -0.2) is 0 Å². The van der Waals surface area contributed by atoms with Crippen molar-refractivity contribution in [3.8, 4) is 0 Å². The maximum atomic E-state index is 5.48. The van der Waals surface area contributed by atoms with Crippen LogP contribution in [0.2, 0.25) is 0 Å². The van der Waals surface area contributed by atoms with E-state index in [1.165, 1.54) is 47.9 Å². The van der Waals surface area contributed by atoms with Gasteiger partial charge in [-0.3, -0.25) is 0 Å². The molecular formula is C49H74O4. The van der Waals surface area contributed by atoms with Crippen LogP contribution in [-0.4, -0.2) is 50.8 Å². The standard InChI is InChI=1S/2C13H20O.C12H18O.C11H16O/c2*1-12(2)14-11-7-6-10-13-8-4-3-5-9-13;1-11(2)13-10-6-9-12-7-4-3-5-8-12;1-10(2)12-9-8-11-6-4-3-5-7-11/h2*3-5,8-9,12H,6-7,10-11H2,1-2H3;3-5,7-8,11H,6,9-10H2,1-2H3;3-7,10H,8-9H2,1-2H3. The molecule has 0 spiro atoms. The third kappa shape index (κ3) is 31.9. The van der Waals surface area contributed by atoms with Gasteiger partial charge in [0.1, 0.15) is 0 Å². The van der Waals surface area contributed by atoms with E-state index < -0.39 is 0 Å². The van der Waals surface area contributed by atoms with Gasteiger partial charge in [0.15, 0.2) is 0 Å². The number of aryl methyl sites for hydroxylation is 3. The van der Waals surface area contributed by atoms with Gasteiger partial charge in [-0.15, -0.1) is 0 Å². The van der Waals surface area contributed by atoms with Gasteiger partial charge in [0.25, 0.3) is 0 Å². The first-order chi connectivity index (χ1) is 25.7. The van der Waals surface area contributed by atoms with Crippen molar-refractivity contribution in [2.24, 2.45) is 0 Å². The fraction of sp³-hybridized carbons (Fsp3) is 0.510. The molecule has 0 aliphatic rings. The largest absolute Gasteiger partial charge is 0.379 e. The molecule has 4 aromatic rings. The maximum Gasteiger partial charge on any atom is 0.0519 e. The first-order valence-corrected chi connectivity index (χ1v) is 20.3. The monoisotopic (exact) mass is 727 g/mol. The highest BCUT2D eigenvalue weighted by Crippen LogP contribution is 2.07. The van der Waals surface area contributed by atoms with E-state index in [2.05, 4.69) is 165 Å². The molecule has 0 aliphatic heterocycles. The second-order valence-corrected chi connectivity index (χ2v) is 14.4. The van der Waals surface area contributed by atoms with Crippen LogP contribution in [0, 0.1) is 0 Å². The van der Waals surface area contributed by atoms with Crippen LogP contribution in [0.15, 0.2) is 121 Å². The van der Waals surface area contributed by atoms with E-state index in [1.54, 1.807) is 0 Å². The van der Waals surface area contributed by atoms with Crippen molar-refractivity contribution < 1.29 is 18.9 Å². The minimum Gasteiger partial charge on any atom is -0.379 e. The molecule has 4 nitrogen and oxygen atoms in total. The predicted octanol–water partition coefficient (Wildman–Crippen LogP) is 12.6. The molecule has 0 saturated heterocycles. The van der Waals surface area contributed by atoms with E-state index in [0.717, 1.165) is 58.5 Å². The summed E-state index contributed by atoms with van der Waals surface area (Å²) in [5.74, 6) is 0. The zero-order valence-electron chi connectivity index (χ0n) is 34.7. The Morgan fingerprint density at radius 3 is 0.830 bits per heavy atom. The first-order valence-electron chi connectivity index (χ1n) is 20.3. The minimum atomic E-state index is 0.341. The van der Waals surface area contributed by atoms with Gasteiger partial charge in [-0.2, -0.15) is 0 Å². The molecular weight excluding hydrogens is 653 g/mol. The van der Waals surface area contributed by atoms with Gasteiger partial charge in [-0.1, -0.05) is 121 Å². The minimum absolute atomic E-state index is 0.341. The molecule has 0 heterocycles. The zero-order chi connectivity index (χ0) is 38.8. The molecule has 53 heavy (non-hydrogen) atoms. The van der Waals surface area contributed by atoms with Crippen LogP contribution in [0.5, 0.6) is 0 Å². The van der Waals surface area contributed by atoms with E-state index in [4.69, 9.17) is 18.9 Å². The highest BCUT2D eigenvalue weighted by atomic mass is 16.5. The lowest BCUT2D eigenvalue weighted by atomic mass is 10.1. The van der Waals surface area contributed by atoms with Crippen LogP contribution < -0.4 is 0 Å². The van der Waals surface area contributed by atoms with Crippen molar-refractivity contribution in [3.05, 3.63) is 144 Å². The first kappa shape index (κ1) is 47.7. The molecule has 0 fully saturated rings. The van der Waals surface area contributed by atoms with E-state index in [1.807, 2.05) is 12.1 Å². The third-order valence-corrected chi connectivity index (χ3v) is 7.90. The topological polar surface area (TPSA) is 36.9 Å². The summed E-state index contributed by atoms with van der Waals surface area (Å²) in [5.41, 5.74) is 5.60. The average Bonchev–Trinajstić information content (AvgIpc) is 3.15. The van der Waals surface area contributed by atoms with Gasteiger partial charge in [-0.05, 0) is 135 Å². The number of rotatable bonds is 21. The van der Waals surface area contributed by atoms with Gasteiger partial charge < -0.3 is 18.9 Å². The number of hydrogen-bond donors (Lipinski definition) is 0. The second-order valence-electron chi connectivity index (χ2n) is 14.4. The summed E-state index contributed by atoms with van der Waals surface area (Å²) in [6, 6.07) is 42.2. The molecule has 0 bridgehead atoms. The summed E-state index contributed by atoms with van der Waals surface area (Å²) >= 11 is 0. The van der Waals surface area contributed by atoms with Crippen LogP contribution in [0.1, 0.15) is 110 Å². The van der Waals surface area contributed by atoms with Crippen molar-refractivity contribution in [1.82, 2.24) is 0 Å². The maximum absolute atomic E-state index is 5.48. The molecule has 294 valence electrons. The fourth-order valence-corrected chi connectivity index (χ4v) is 5.09. The van der Waals surface area contributed by atoms with E-state index in [-0.39, 0.29) is 0 Å². The van der Waals surface area contributed by atoms with Crippen LogP contribution >= 0.6 is 0 Å². The van der Waals surface area contributed by atoms with E-state index in [9.17, 15) is 0 Å². The smallest absolute Gasteiger partial charge is 0.0519 e. The van der Waals surface area contributed by atoms with Crippen molar-refractivity contribution in [1.29, 1.82) is 0 Å². The van der Waals surface area contributed by atoms with E-state index in [0.29, 0.717) is 24.4 Å². The van der Waals surface area contributed by atoms with Crippen LogP contribution in [0.4, 0.5) is 0 Å². The summed E-state index contributed by atoms with van der Waals surface area (Å²) < 4.78 is 21.9. The lowest BCUT2D eigenvalue weighted by Gasteiger charge is -2.06. The molecule has 0 radical (unpaired) electrons. The third-order valence-electron chi connectivity index (χ3n) is 7.90. The summed E-state index contributed by atoms with van der Waals surface area (Å²) in [6.45, 7) is 20.1. The highest BCUT2D eigenvalue weighted by Gasteiger charge is 1.97. The highest BCUT2D eigenvalue weighted by molar-refractivity contribution is 5.16. The van der Waals surface area contributed by atoms with Crippen molar-refractivity contribution in [2.75, 3.05) is 26.4 Å².